The number of nitrogens with zero attached hydrogens (tertiary/aromatic N) is 2. The fourth-order valence-electron chi connectivity index (χ4n) is 0.669. The summed E-state index contributed by atoms with van der Waals surface area (Å²) in [6.45, 7) is -0.114. The lowest BCUT2D eigenvalue weighted by atomic mass is 10.5. The van der Waals surface area contributed by atoms with E-state index in [1.54, 1.807) is 19.5 Å². The van der Waals surface area contributed by atoms with Crippen LogP contribution in [0.3, 0.4) is 0 Å². The lowest BCUT2D eigenvalue weighted by molar-refractivity contribution is 0.0827. The molecule has 0 aromatic carbocycles. The number of aliphatic hydroxyl groups is 1. The molecule has 0 aliphatic rings. The van der Waals surface area contributed by atoms with Crippen molar-refractivity contribution in [3.63, 3.8) is 0 Å². The first-order valence-corrected chi connectivity index (χ1v) is 4.30. The van der Waals surface area contributed by atoms with Crippen molar-refractivity contribution in [2.24, 2.45) is 0 Å². The molecule has 1 amide bonds. The third-order valence-electron chi connectivity index (χ3n) is 1.30. The van der Waals surface area contributed by atoms with E-state index >= 15 is 0 Å². The first kappa shape index (κ1) is 9.15. The predicted molar refractivity (Wildman–Crippen MR) is 46.1 cm³/mol. The van der Waals surface area contributed by atoms with Gasteiger partial charge in [-0.3, -0.25) is 4.79 Å². The Hall–Kier alpha value is -0.940. The summed E-state index contributed by atoms with van der Waals surface area (Å²) in [6.07, 6.45) is 0. The fraction of sp³-hybridized carbons (Fsp3) is 0.429. The molecule has 0 fully saturated rings. The Morgan fingerprint density at radius 2 is 2.42 bits per heavy atom. The highest BCUT2D eigenvalue weighted by molar-refractivity contribution is 7.11. The minimum atomic E-state index is -0.125. The smallest absolute Gasteiger partial charge is 0.282 e. The van der Waals surface area contributed by atoms with Crippen LogP contribution in [-0.2, 0) is 6.61 Å². The zero-order chi connectivity index (χ0) is 9.14. The van der Waals surface area contributed by atoms with Crippen molar-refractivity contribution < 1.29 is 9.90 Å². The Balaban J connectivity index is 2.82. The van der Waals surface area contributed by atoms with Gasteiger partial charge in [0.05, 0.1) is 12.3 Å². The molecule has 12 heavy (non-hydrogen) atoms. The van der Waals surface area contributed by atoms with Gasteiger partial charge in [0.25, 0.3) is 5.91 Å². The molecule has 0 saturated carbocycles. The molecular formula is C7H10N2O2S. The number of thiazole rings is 1. The zero-order valence-electron chi connectivity index (χ0n) is 6.94. The monoisotopic (exact) mass is 186 g/mol. The Morgan fingerprint density at radius 3 is 2.83 bits per heavy atom. The SMILES string of the molecule is CN(C)C(=O)c1nc(CO)cs1. The highest BCUT2D eigenvalue weighted by Crippen LogP contribution is 2.10. The quantitative estimate of drug-likeness (QED) is 0.724. The lowest BCUT2D eigenvalue weighted by Gasteiger charge is -2.05. The van der Waals surface area contributed by atoms with E-state index in [0.29, 0.717) is 10.7 Å². The third kappa shape index (κ3) is 1.80. The lowest BCUT2D eigenvalue weighted by Crippen LogP contribution is -2.21. The van der Waals surface area contributed by atoms with Crippen LogP contribution in [0, 0.1) is 0 Å². The second kappa shape index (κ2) is 3.64. The minimum Gasteiger partial charge on any atom is -0.390 e. The van der Waals surface area contributed by atoms with Gasteiger partial charge in [-0.25, -0.2) is 4.98 Å². The van der Waals surface area contributed by atoms with E-state index in [9.17, 15) is 4.79 Å². The molecule has 4 nitrogen and oxygen atoms in total. The topological polar surface area (TPSA) is 53.4 Å². The highest BCUT2D eigenvalue weighted by atomic mass is 32.1. The second-order valence-corrected chi connectivity index (χ2v) is 3.36. The summed E-state index contributed by atoms with van der Waals surface area (Å²) in [4.78, 5) is 16.7. The molecule has 1 N–H and O–H groups in total. The second-order valence-electron chi connectivity index (χ2n) is 2.50. The molecule has 0 unspecified atom stereocenters. The van der Waals surface area contributed by atoms with Gasteiger partial charge in [0.1, 0.15) is 0 Å². The fourth-order valence-corrected chi connectivity index (χ4v) is 1.50. The first-order valence-electron chi connectivity index (χ1n) is 3.42. The number of rotatable bonds is 2. The van der Waals surface area contributed by atoms with E-state index in [2.05, 4.69) is 4.98 Å². The van der Waals surface area contributed by atoms with E-state index < -0.39 is 0 Å². The molecule has 0 aliphatic carbocycles. The van der Waals surface area contributed by atoms with Crippen molar-refractivity contribution in [2.75, 3.05) is 14.1 Å². The number of aliphatic hydroxyl groups excluding tert-OH is 1. The molecule has 0 atom stereocenters. The van der Waals surface area contributed by atoms with Gasteiger partial charge in [-0.05, 0) is 0 Å². The van der Waals surface area contributed by atoms with Crippen molar-refractivity contribution in [3.05, 3.63) is 16.1 Å². The number of amides is 1. The van der Waals surface area contributed by atoms with Crippen LogP contribution in [0.15, 0.2) is 5.38 Å². The molecule has 5 heteroatoms. The van der Waals surface area contributed by atoms with Crippen molar-refractivity contribution in [1.82, 2.24) is 9.88 Å². The molecule has 1 rings (SSSR count). The standard InChI is InChI=1S/C7H10N2O2S/c1-9(2)7(11)6-8-5(3-10)4-12-6/h4,10H,3H2,1-2H3. The number of hydrogen-bond acceptors (Lipinski definition) is 4. The van der Waals surface area contributed by atoms with Gasteiger partial charge in [-0.15, -0.1) is 11.3 Å². The third-order valence-corrected chi connectivity index (χ3v) is 2.18. The van der Waals surface area contributed by atoms with Crippen LogP contribution in [0.25, 0.3) is 0 Å². The van der Waals surface area contributed by atoms with Gasteiger partial charge in [0.15, 0.2) is 5.01 Å². The van der Waals surface area contributed by atoms with Gasteiger partial charge < -0.3 is 10.0 Å². The molecule has 1 aromatic rings. The van der Waals surface area contributed by atoms with E-state index in [0.717, 1.165) is 0 Å². The van der Waals surface area contributed by atoms with E-state index in [4.69, 9.17) is 5.11 Å². The summed E-state index contributed by atoms with van der Waals surface area (Å²) >= 11 is 1.25. The molecule has 0 bridgehead atoms. The van der Waals surface area contributed by atoms with Crippen LogP contribution in [0.2, 0.25) is 0 Å². The normalized spacial score (nSPS) is 9.92. The van der Waals surface area contributed by atoms with E-state index in [1.807, 2.05) is 0 Å². The Kier molecular flexibility index (Phi) is 2.78. The van der Waals surface area contributed by atoms with E-state index in [1.165, 1.54) is 16.2 Å². The van der Waals surface area contributed by atoms with Gasteiger partial charge in [0.2, 0.25) is 0 Å². The Morgan fingerprint density at radius 1 is 1.75 bits per heavy atom. The van der Waals surface area contributed by atoms with Crippen molar-refractivity contribution in [3.8, 4) is 0 Å². The highest BCUT2D eigenvalue weighted by Gasteiger charge is 2.11. The summed E-state index contributed by atoms with van der Waals surface area (Å²) in [5.41, 5.74) is 0.546. The van der Waals surface area contributed by atoms with Crippen LogP contribution >= 0.6 is 11.3 Å². The molecular weight excluding hydrogens is 176 g/mol. The summed E-state index contributed by atoms with van der Waals surface area (Å²) in [5, 5.41) is 10.8. The molecule has 0 spiro atoms. The maximum atomic E-state index is 11.3. The van der Waals surface area contributed by atoms with Crippen LogP contribution in [0.5, 0.6) is 0 Å². The van der Waals surface area contributed by atoms with Crippen molar-refractivity contribution >= 4 is 17.2 Å². The summed E-state index contributed by atoms with van der Waals surface area (Å²) in [5.74, 6) is -0.125. The Bertz CT molecular complexity index is 283. The van der Waals surface area contributed by atoms with Crippen LogP contribution in [0.1, 0.15) is 15.5 Å². The number of carbonyl (C=O) groups excluding carboxylic acids is 1. The van der Waals surface area contributed by atoms with Gasteiger partial charge >= 0.3 is 0 Å². The number of aromatic nitrogens is 1. The zero-order valence-corrected chi connectivity index (χ0v) is 7.76. The van der Waals surface area contributed by atoms with Crippen molar-refractivity contribution in [1.29, 1.82) is 0 Å². The summed E-state index contributed by atoms with van der Waals surface area (Å²) in [7, 11) is 3.34. The number of hydrogen-bond donors (Lipinski definition) is 1. The van der Waals surface area contributed by atoms with Crippen LogP contribution in [0.4, 0.5) is 0 Å². The van der Waals surface area contributed by atoms with Crippen LogP contribution < -0.4 is 0 Å². The maximum absolute atomic E-state index is 11.3. The average molecular weight is 186 g/mol. The molecule has 66 valence electrons. The summed E-state index contributed by atoms with van der Waals surface area (Å²) in [6, 6.07) is 0. The largest absolute Gasteiger partial charge is 0.390 e. The minimum absolute atomic E-state index is 0.114. The predicted octanol–water partition coefficient (Wildman–Crippen LogP) is 0.337. The summed E-state index contributed by atoms with van der Waals surface area (Å²) < 4.78 is 0. The van der Waals surface area contributed by atoms with Gasteiger partial charge in [-0.1, -0.05) is 0 Å². The first-order chi connectivity index (χ1) is 5.65. The average Bonchev–Trinajstić information content (AvgIpc) is 2.50. The van der Waals surface area contributed by atoms with Crippen molar-refractivity contribution in [2.45, 2.75) is 6.61 Å². The van der Waals surface area contributed by atoms with Gasteiger partial charge in [-0.2, -0.15) is 0 Å². The number of carbonyl (C=O) groups is 1. The molecule has 1 aromatic heterocycles. The molecule has 1 heterocycles. The molecule has 0 aliphatic heterocycles. The van der Waals surface area contributed by atoms with Crippen LogP contribution in [-0.4, -0.2) is 35.0 Å². The molecule has 0 saturated heterocycles. The molecule has 0 radical (unpaired) electrons. The maximum Gasteiger partial charge on any atom is 0.282 e. The Labute approximate surface area is 74.5 Å². The van der Waals surface area contributed by atoms with E-state index in [-0.39, 0.29) is 12.5 Å². The van der Waals surface area contributed by atoms with Gasteiger partial charge in [0, 0.05) is 19.5 Å².